The van der Waals surface area contributed by atoms with Gasteiger partial charge in [0, 0.05) is 17.8 Å². The number of nitrogens with one attached hydrogen (secondary N) is 1. The maximum Gasteiger partial charge on any atom is 0.338 e. The van der Waals surface area contributed by atoms with Crippen molar-refractivity contribution in [3.63, 3.8) is 0 Å². The summed E-state index contributed by atoms with van der Waals surface area (Å²) in [5, 5.41) is 13.0. The van der Waals surface area contributed by atoms with Crippen molar-refractivity contribution in [3.8, 4) is 5.75 Å². The van der Waals surface area contributed by atoms with E-state index in [9.17, 15) is 24.1 Å². The highest BCUT2D eigenvalue weighted by molar-refractivity contribution is 5.95. The van der Waals surface area contributed by atoms with Crippen molar-refractivity contribution in [2.45, 2.75) is 0 Å². The molecule has 0 spiro atoms. The average molecular weight is 348 g/mol. The Hall–Kier alpha value is -3.49. The summed E-state index contributed by atoms with van der Waals surface area (Å²) < 4.78 is 23.2. The molecule has 8 nitrogen and oxygen atoms in total. The number of carbonyl (C=O) groups excluding carboxylic acids is 2. The average Bonchev–Trinajstić information content (AvgIpc) is 2.59. The number of ether oxygens (including phenoxy) is 2. The summed E-state index contributed by atoms with van der Waals surface area (Å²) in [7, 11) is 1.48. The second-order valence-electron chi connectivity index (χ2n) is 4.78. The van der Waals surface area contributed by atoms with Crippen molar-refractivity contribution in [2.24, 2.45) is 0 Å². The Kier molecular flexibility index (Phi) is 5.62. The van der Waals surface area contributed by atoms with Crippen molar-refractivity contribution in [1.29, 1.82) is 0 Å². The molecule has 1 N–H and O–H groups in total. The molecule has 0 bridgehead atoms. The number of hydrogen-bond donors (Lipinski definition) is 1. The standard InChI is InChI=1S/C16H13FN2O6/c1-24-12-4-2-3-11(8-12)18-15(20)9-25-16(21)10-5-6-14(19(22)23)13(17)7-10/h2-8H,9H2,1H3,(H,18,20). The fourth-order valence-electron chi connectivity index (χ4n) is 1.89. The number of carbonyl (C=O) groups is 2. The van der Waals surface area contributed by atoms with Gasteiger partial charge in [0.1, 0.15) is 5.75 Å². The number of esters is 1. The van der Waals surface area contributed by atoms with Gasteiger partial charge in [-0.05, 0) is 24.3 Å². The molecule has 9 heteroatoms. The van der Waals surface area contributed by atoms with Crippen LogP contribution in [0, 0.1) is 15.9 Å². The molecular weight excluding hydrogens is 335 g/mol. The number of hydrogen-bond acceptors (Lipinski definition) is 6. The van der Waals surface area contributed by atoms with E-state index < -0.39 is 34.9 Å². The van der Waals surface area contributed by atoms with Gasteiger partial charge in [-0.15, -0.1) is 0 Å². The molecule has 2 rings (SSSR count). The molecule has 0 saturated heterocycles. The lowest BCUT2D eigenvalue weighted by Crippen LogP contribution is -2.21. The van der Waals surface area contributed by atoms with Crippen molar-refractivity contribution >= 4 is 23.3 Å². The summed E-state index contributed by atoms with van der Waals surface area (Å²) in [5.74, 6) is -2.21. The first-order valence-corrected chi connectivity index (χ1v) is 6.95. The predicted molar refractivity (Wildman–Crippen MR) is 85.0 cm³/mol. The van der Waals surface area contributed by atoms with Crippen molar-refractivity contribution in [2.75, 3.05) is 19.0 Å². The number of anilines is 1. The lowest BCUT2D eigenvalue weighted by Gasteiger charge is -2.08. The van der Waals surface area contributed by atoms with E-state index in [2.05, 4.69) is 5.32 Å². The van der Waals surface area contributed by atoms with Gasteiger partial charge in [-0.3, -0.25) is 14.9 Å². The first-order chi connectivity index (χ1) is 11.9. The number of nitrogens with zero attached hydrogens (tertiary/aromatic N) is 1. The van der Waals surface area contributed by atoms with E-state index >= 15 is 0 Å². The van der Waals surface area contributed by atoms with Crippen LogP contribution in [0.3, 0.4) is 0 Å². The summed E-state index contributed by atoms with van der Waals surface area (Å²) in [6.45, 7) is -0.603. The van der Waals surface area contributed by atoms with Crippen LogP contribution in [0.15, 0.2) is 42.5 Å². The monoisotopic (exact) mass is 348 g/mol. The first-order valence-electron chi connectivity index (χ1n) is 6.95. The van der Waals surface area contributed by atoms with Gasteiger partial charge in [-0.1, -0.05) is 6.07 Å². The van der Waals surface area contributed by atoms with Gasteiger partial charge < -0.3 is 14.8 Å². The fourth-order valence-corrected chi connectivity index (χ4v) is 1.89. The lowest BCUT2D eigenvalue weighted by atomic mass is 10.2. The van der Waals surface area contributed by atoms with Gasteiger partial charge in [0.05, 0.1) is 17.6 Å². The summed E-state index contributed by atoms with van der Waals surface area (Å²) in [4.78, 5) is 33.2. The van der Waals surface area contributed by atoms with Gasteiger partial charge >= 0.3 is 11.7 Å². The molecule has 0 aliphatic heterocycles. The number of amides is 1. The minimum absolute atomic E-state index is 0.239. The molecule has 0 radical (unpaired) electrons. The molecule has 0 unspecified atom stereocenters. The summed E-state index contributed by atoms with van der Waals surface area (Å²) in [6, 6.07) is 9.13. The van der Waals surface area contributed by atoms with Crippen LogP contribution in [0.5, 0.6) is 5.75 Å². The lowest BCUT2D eigenvalue weighted by molar-refractivity contribution is -0.387. The molecule has 0 saturated carbocycles. The SMILES string of the molecule is COc1cccc(NC(=O)COC(=O)c2ccc([N+](=O)[O-])c(F)c2)c1. The van der Waals surface area contributed by atoms with Crippen LogP contribution in [0.2, 0.25) is 0 Å². The Morgan fingerprint density at radius 2 is 2.00 bits per heavy atom. The molecule has 0 atom stereocenters. The van der Waals surface area contributed by atoms with E-state index in [0.717, 1.165) is 12.1 Å². The number of nitro benzene ring substituents is 1. The normalized spacial score (nSPS) is 10.0. The maximum absolute atomic E-state index is 13.5. The minimum atomic E-state index is -1.17. The molecule has 2 aromatic carbocycles. The van der Waals surface area contributed by atoms with Gasteiger partial charge in [-0.2, -0.15) is 4.39 Å². The number of benzene rings is 2. The second-order valence-corrected chi connectivity index (χ2v) is 4.78. The molecule has 0 aliphatic carbocycles. The zero-order valence-electron chi connectivity index (χ0n) is 13.0. The second kappa shape index (κ2) is 7.86. The Balaban J connectivity index is 1.94. The van der Waals surface area contributed by atoms with E-state index in [1.54, 1.807) is 24.3 Å². The van der Waals surface area contributed by atoms with Gasteiger partial charge in [0.15, 0.2) is 6.61 Å². The highest BCUT2D eigenvalue weighted by Crippen LogP contribution is 2.19. The van der Waals surface area contributed by atoms with Crippen molar-refractivity contribution < 1.29 is 28.4 Å². The number of halogens is 1. The largest absolute Gasteiger partial charge is 0.497 e. The number of methoxy groups -OCH3 is 1. The molecule has 0 aliphatic rings. The third-order valence-corrected chi connectivity index (χ3v) is 3.07. The minimum Gasteiger partial charge on any atom is -0.497 e. The molecule has 0 aromatic heterocycles. The van der Waals surface area contributed by atoms with E-state index in [4.69, 9.17) is 9.47 Å². The van der Waals surface area contributed by atoms with Crippen LogP contribution < -0.4 is 10.1 Å². The number of nitro groups is 1. The van der Waals surface area contributed by atoms with Gasteiger partial charge in [0.25, 0.3) is 5.91 Å². The molecule has 130 valence electrons. The van der Waals surface area contributed by atoms with E-state index in [-0.39, 0.29) is 5.56 Å². The van der Waals surface area contributed by atoms with E-state index in [0.29, 0.717) is 17.5 Å². The molecule has 25 heavy (non-hydrogen) atoms. The smallest absolute Gasteiger partial charge is 0.338 e. The molecule has 1 amide bonds. The van der Waals surface area contributed by atoms with Crippen LogP contribution in [0.4, 0.5) is 15.8 Å². The van der Waals surface area contributed by atoms with Crippen LogP contribution in [0.25, 0.3) is 0 Å². The molecule has 2 aromatic rings. The summed E-state index contributed by atoms with van der Waals surface area (Å²) >= 11 is 0. The zero-order valence-corrected chi connectivity index (χ0v) is 13.0. The Morgan fingerprint density at radius 3 is 2.64 bits per heavy atom. The molecule has 0 heterocycles. The number of rotatable bonds is 6. The third-order valence-electron chi connectivity index (χ3n) is 3.07. The first kappa shape index (κ1) is 17.9. The van der Waals surface area contributed by atoms with Gasteiger partial charge in [0.2, 0.25) is 5.82 Å². The highest BCUT2D eigenvalue weighted by Gasteiger charge is 2.18. The van der Waals surface area contributed by atoms with E-state index in [1.165, 1.54) is 7.11 Å². The van der Waals surface area contributed by atoms with Crippen LogP contribution in [0.1, 0.15) is 10.4 Å². The Bertz CT molecular complexity index is 824. The van der Waals surface area contributed by atoms with Crippen molar-refractivity contribution in [3.05, 3.63) is 64.0 Å². The third kappa shape index (κ3) is 4.74. The van der Waals surface area contributed by atoms with Crippen LogP contribution in [-0.4, -0.2) is 30.5 Å². The fraction of sp³-hybridized carbons (Fsp3) is 0.125. The van der Waals surface area contributed by atoms with Crippen LogP contribution >= 0.6 is 0 Å². The quantitative estimate of drug-likeness (QED) is 0.488. The Labute approximate surface area is 141 Å². The van der Waals surface area contributed by atoms with Crippen molar-refractivity contribution in [1.82, 2.24) is 0 Å². The topological polar surface area (TPSA) is 108 Å². The molecular formula is C16H13FN2O6. The zero-order chi connectivity index (χ0) is 18.4. The van der Waals surface area contributed by atoms with Gasteiger partial charge in [-0.25, -0.2) is 4.79 Å². The Morgan fingerprint density at radius 1 is 1.24 bits per heavy atom. The predicted octanol–water partition coefficient (Wildman–Crippen LogP) is 2.54. The molecule has 0 fully saturated rings. The van der Waals surface area contributed by atoms with E-state index in [1.807, 2.05) is 0 Å². The highest BCUT2D eigenvalue weighted by atomic mass is 19.1. The summed E-state index contributed by atoms with van der Waals surface area (Å²) in [5.41, 5.74) is -0.550. The maximum atomic E-state index is 13.5. The van der Waals surface area contributed by atoms with Crippen LogP contribution in [-0.2, 0) is 9.53 Å². The summed E-state index contributed by atoms with van der Waals surface area (Å²) in [6.07, 6.45) is 0.